The molecule has 3 rings (SSSR count). The van der Waals surface area contributed by atoms with Crippen LogP contribution in [0.4, 0.5) is 0 Å². The molecule has 1 aliphatic rings. The molecule has 2 aromatic rings. The minimum atomic E-state index is 0. The SMILES string of the molecule is CC.CC.CCCc1cc(OCc2ccccc2)n(CC2CCCC2)n1.Cl.[CH3-].[Y]. The van der Waals surface area contributed by atoms with Crippen molar-refractivity contribution in [1.82, 2.24) is 9.78 Å². The molecule has 5 heteroatoms. The summed E-state index contributed by atoms with van der Waals surface area (Å²) in [5.41, 5.74) is 2.36. The number of rotatable bonds is 7. The first-order valence-electron chi connectivity index (χ1n) is 10.6. The van der Waals surface area contributed by atoms with Gasteiger partial charge in [-0.3, -0.25) is 0 Å². The van der Waals surface area contributed by atoms with Crippen molar-refractivity contribution in [1.29, 1.82) is 0 Å². The average molecular weight is 499 g/mol. The Morgan fingerprint density at radius 2 is 1.62 bits per heavy atom. The van der Waals surface area contributed by atoms with E-state index in [1.807, 2.05) is 33.8 Å². The zero-order valence-electron chi connectivity index (χ0n) is 19.5. The van der Waals surface area contributed by atoms with Crippen LogP contribution in [0, 0.1) is 13.3 Å². The Bertz CT molecular complexity index is 584. The molecule has 0 aliphatic heterocycles. The summed E-state index contributed by atoms with van der Waals surface area (Å²) in [7, 11) is 0. The van der Waals surface area contributed by atoms with Crippen molar-refractivity contribution in [2.75, 3.05) is 0 Å². The minimum absolute atomic E-state index is 0. The Kier molecular flexibility index (Phi) is 24.0. The molecule has 1 heterocycles. The first-order chi connectivity index (χ1) is 12.8. The summed E-state index contributed by atoms with van der Waals surface area (Å²) in [5.74, 6) is 1.70. The molecule has 3 nitrogen and oxygen atoms in total. The summed E-state index contributed by atoms with van der Waals surface area (Å²) in [6.45, 7) is 11.8. The van der Waals surface area contributed by atoms with Gasteiger partial charge in [-0.25, -0.2) is 4.68 Å². The molecule has 0 saturated heterocycles. The van der Waals surface area contributed by atoms with Crippen molar-refractivity contribution in [2.45, 2.75) is 86.3 Å². The number of nitrogens with zero attached hydrogens (tertiary/aromatic N) is 2. The van der Waals surface area contributed by atoms with Gasteiger partial charge < -0.3 is 12.2 Å². The minimum Gasteiger partial charge on any atom is -0.473 e. The maximum absolute atomic E-state index is 6.06. The topological polar surface area (TPSA) is 27.1 Å². The molecule has 29 heavy (non-hydrogen) atoms. The van der Waals surface area contributed by atoms with Crippen molar-refractivity contribution in [2.24, 2.45) is 5.92 Å². The van der Waals surface area contributed by atoms with Crippen LogP contribution in [0.5, 0.6) is 5.88 Å². The molecule has 165 valence electrons. The first-order valence-corrected chi connectivity index (χ1v) is 10.6. The molecular formula is C24H42ClN2OY-. The smallest absolute Gasteiger partial charge is 0.212 e. The summed E-state index contributed by atoms with van der Waals surface area (Å²) in [4.78, 5) is 0. The van der Waals surface area contributed by atoms with Gasteiger partial charge in [-0.15, -0.1) is 12.4 Å². The second-order valence-electron chi connectivity index (χ2n) is 6.33. The molecule has 1 aromatic heterocycles. The van der Waals surface area contributed by atoms with Crippen LogP contribution in [0.1, 0.15) is 78.0 Å². The van der Waals surface area contributed by atoms with Crippen LogP contribution in [-0.2, 0) is 52.3 Å². The van der Waals surface area contributed by atoms with Gasteiger partial charge in [-0.1, -0.05) is 84.2 Å². The molecular weight excluding hydrogens is 457 g/mol. The zero-order valence-corrected chi connectivity index (χ0v) is 23.1. The fraction of sp³-hybridized carbons (Fsp3) is 0.583. The van der Waals surface area contributed by atoms with E-state index in [0.717, 1.165) is 36.9 Å². The van der Waals surface area contributed by atoms with E-state index >= 15 is 0 Å². The molecule has 0 amide bonds. The van der Waals surface area contributed by atoms with Crippen molar-refractivity contribution >= 4 is 12.4 Å². The predicted molar refractivity (Wildman–Crippen MR) is 125 cm³/mol. The number of hydrogen-bond acceptors (Lipinski definition) is 2. The Balaban J connectivity index is -0.000000911. The summed E-state index contributed by atoms with van der Waals surface area (Å²) >= 11 is 0. The third kappa shape index (κ3) is 12.2. The average Bonchev–Trinajstić information content (AvgIpc) is 3.35. The molecule has 1 aliphatic carbocycles. The predicted octanol–water partition coefficient (Wildman–Crippen LogP) is 7.53. The van der Waals surface area contributed by atoms with Crippen molar-refractivity contribution < 1.29 is 37.4 Å². The van der Waals surface area contributed by atoms with Crippen LogP contribution >= 0.6 is 12.4 Å². The summed E-state index contributed by atoms with van der Waals surface area (Å²) < 4.78 is 8.16. The number of ether oxygens (including phenoxy) is 1. The van der Waals surface area contributed by atoms with Gasteiger partial charge >= 0.3 is 0 Å². The van der Waals surface area contributed by atoms with Gasteiger partial charge in [0.15, 0.2) is 0 Å². The van der Waals surface area contributed by atoms with E-state index in [1.54, 1.807) is 0 Å². The molecule has 0 bridgehead atoms. The van der Waals surface area contributed by atoms with Gasteiger partial charge in [0.2, 0.25) is 5.88 Å². The Labute approximate surface area is 211 Å². The Morgan fingerprint density at radius 1 is 1.03 bits per heavy atom. The standard InChI is InChI=1S/C19H26N2O.2C2H6.CH3.ClH.Y/c1-2-8-18-13-19(22-15-17-11-4-3-5-12-17)21(20-18)14-16-9-6-7-10-16;2*1-2;;;/h3-5,11-13,16H,2,6-10,14-15H2,1H3;2*1-2H3;1H3;1H;/q;;;-1;;. The van der Waals surface area contributed by atoms with Crippen molar-refractivity contribution in [3.05, 3.63) is 55.1 Å². The molecule has 1 radical (unpaired) electrons. The van der Waals surface area contributed by atoms with Crippen molar-refractivity contribution in [3.63, 3.8) is 0 Å². The number of aromatic nitrogens is 2. The quantitative estimate of drug-likeness (QED) is 0.369. The normalized spacial score (nSPS) is 12.0. The van der Waals surface area contributed by atoms with Crippen LogP contribution in [0.15, 0.2) is 36.4 Å². The van der Waals surface area contributed by atoms with Gasteiger partial charge in [0, 0.05) is 45.3 Å². The van der Waals surface area contributed by atoms with E-state index in [-0.39, 0.29) is 52.5 Å². The maximum atomic E-state index is 6.06. The van der Waals surface area contributed by atoms with Crippen LogP contribution in [0.2, 0.25) is 0 Å². The summed E-state index contributed by atoms with van der Waals surface area (Å²) in [6, 6.07) is 12.5. The summed E-state index contributed by atoms with van der Waals surface area (Å²) in [5, 5.41) is 4.77. The van der Waals surface area contributed by atoms with Gasteiger partial charge in [0.25, 0.3) is 0 Å². The molecule has 1 aromatic carbocycles. The molecule has 0 N–H and O–H groups in total. The molecule has 0 unspecified atom stereocenters. The second kappa shape index (κ2) is 20.9. The fourth-order valence-corrected chi connectivity index (χ4v) is 3.24. The molecule has 0 spiro atoms. The number of aryl methyl sites for hydroxylation is 1. The second-order valence-corrected chi connectivity index (χ2v) is 6.33. The fourth-order valence-electron chi connectivity index (χ4n) is 3.24. The first kappa shape index (κ1) is 33.3. The largest absolute Gasteiger partial charge is 0.473 e. The van der Waals surface area contributed by atoms with Crippen LogP contribution in [0.3, 0.4) is 0 Å². The van der Waals surface area contributed by atoms with Gasteiger partial charge in [-0.05, 0) is 30.7 Å². The number of hydrogen-bond donors (Lipinski definition) is 0. The molecule has 0 atom stereocenters. The maximum Gasteiger partial charge on any atom is 0.212 e. The molecule has 1 fully saturated rings. The van der Waals surface area contributed by atoms with Crippen LogP contribution < -0.4 is 4.74 Å². The van der Waals surface area contributed by atoms with Gasteiger partial charge in [-0.2, -0.15) is 5.10 Å². The van der Waals surface area contributed by atoms with E-state index in [4.69, 9.17) is 9.84 Å². The number of halogens is 1. The van der Waals surface area contributed by atoms with E-state index < -0.39 is 0 Å². The Morgan fingerprint density at radius 3 is 2.17 bits per heavy atom. The zero-order chi connectivity index (χ0) is 19.2. The van der Waals surface area contributed by atoms with Gasteiger partial charge in [0.1, 0.15) is 6.61 Å². The van der Waals surface area contributed by atoms with E-state index in [0.29, 0.717) is 6.61 Å². The van der Waals surface area contributed by atoms with E-state index in [1.165, 1.54) is 31.2 Å². The monoisotopic (exact) mass is 498 g/mol. The van der Waals surface area contributed by atoms with Crippen molar-refractivity contribution in [3.8, 4) is 5.88 Å². The Hall–Kier alpha value is -0.376. The van der Waals surface area contributed by atoms with E-state index in [2.05, 4.69) is 41.9 Å². The third-order valence-corrected chi connectivity index (χ3v) is 4.44. The van der Waals surface area contributed by atoms with E-state index in [9.17, 15) is 0 Å². The van der Waals surface area contributed by atoms with Crippen LogP contribution in [-0.4, -0.2) is 9.78 Å². The van der Waals surface area contributed by atoms with Gasteiger partial charge in [0.05, 0.1) is 5.69 Å². The molecule has 1 saturated carbocycles. The summed E-state index contributed by atoms with van der Waals surface area (Å²) in [6.07, 6.45) is 7.56. The van der Waals surface area contributed by atoms with Crippen LogP contribution in [0.25, 0.3) is 0 Å². The number of benzene rings is 1. The third-order valence-electron chi connectivity index (χ3n) is 4.44.